The molecule has 0 aliphatic heterocycles. The van der Waals surface area contributed by atoms with Gasteiger partial charge in [-0.05, 0) is 24.1 Å². The number of carboxylic acids is 1. The second-order valence-electron chi connectivity index (χ2n) is 3.87. The van der Waals surface area contributed by atoms with E-state index in [1.54, 1.807) is 30.5 Å². The molecule has 88 valence electrons. The predicted molar refractivity (Wildman–Crippen MR) is 64.9 cm³/mol. The minimum Gasteiger partial charge on any atom is -0.478 e. The van der Waals surface area contributed by atoms with Gasteiger partial charge in [-0.15, -0.1) is 0 Å². The van der Waals surface area contributed by atoms with Crippen LogP contribution >= 0.6 is 0 Å². The molecule has 0 atom stereocenters. The molecular formula is C13H14N2O2. The molecule has 1 heterocycles. The van der Waals surface area contributed by atoms with Gasteiger partial charge in [-0.25, -0.2) is 4.79 Å². The van der Waals surface area contributed by atoms with Gasteiger partial charge in [-0.3, -0.25) is 4.68 Å². The quantitative estimate of drug-likeness (QED) is 0.878. The second-order valence-corrected chi connectivity index (χ2v) is 3.87. The lowest BCUT2D eigenvalue weighted by molar-refractivity contribution is 0.0697. The highest BCUT2D eigenvalue weighted by molar-refractivity contribution is 5.88. The molecule has 0 unspecified atom stereocenters. The highest BCUT2D eigenvalue weighted by Gasteiger charge is 2.04. The van der Waals surface area contributed by atoms with E-state index in [9.17, 15) is 4.79 Å². The van der Waals surface area contributed by atoms with E-state index < -0.39 is 5.97 Å². The third-order valence-electron chi connectivity index (χ3n) is 2.55. The van der Waals surface area contributed by atoms with E-state index in [4.69, 9.17) is 5.11 Å². The van der Waals surface area contributed by atoms with Gasteiger partial charge in [0.05, 0.1) is 11.8 Å². The van der Waals surface area contributed by atoms with E-state index in [0.717, 1.165) is 24.1 Å². The van der Waals surface area contributed by atoms with E-state index in [1.165, 1.54) is 0 Å². The van der Waals surface area contributed by atoms with Gasteiger partial charge in [0.25, 0.3) is 0 Å². The van der Waals surface area contributed by atoms with Crippen LogP contribution in [0.2, 0.25) is 0 Å². The van der Waals surface area contributed by atoms with Crippen LogP contribution in [0.5, 0.6) is 0 Å². The van der Waals surface area contributed by atoms with E-state index in [1.807, 2.05) is 10.9 Å². The zero-order chi connectivity index (χ0) is 12.3. The Morgan fingerprint density at radius 2 is 2.00 bits per heavy atom. The van der Waals surface area contributed by atoms with Crippen molar-refractivity contribution in [2.45, 2.75) is 19.9 Å². The fourth-order valence-corrected chi connectivity index (χ4v) is 1.67. The van der Waals surface area contributed by atoms with Crippen LogP contribution in [-0.2, 0) is 6.54 Å². The summed E-state index contributed by atoms with van der Waals surface area (Å²) >= 11 is 0. The molecule has 1 aromatic heterocycles. The SMILES string of the molecule is CCCn1cc(-c2ccc(C(=O)O)cc2)cn1. The second kappa shape index (κ2) is 4.82. The third-order valence-corrected chi connectivity index (χ3v) is 2.55. The average molecular weight is 230 g/mol. The molecule has 1 aromatic carbocycles. The van der Waals surface area contributed by atoms with E-state index in [2.05, 4.69) is 12.0 Å². The number of hydrogen-bond donors (Lipinski definition) is 1. The maximum atomic E-state index is 10.7. The van der Waals surface area contributed by atoms with Crippen molar-refractivity contribution in [2.75, 3.05) is 0 Å². The summed E-state index contributed by atoms with van der Waals surface area (Å²) in [6, 6.07) is 6.82. The van der Waals surface area contributed by atoms with Crippen LogP contribution in [0.1, 0.15) is 23.7 Å². The van der Waals surface area contributed by atoms with Crippen molar-refractivity contribution in [3.8, 4) is 11.1 Å². The van der Waals surface area contributed by atoms with Crippen LogP contribution in [0.4, 0.5) is 0 Å². The Kier molecular flexibility index (Phi) is 3.23. The lowest BCUT2D eigenvalue weighted by Gasteiger charge is -1.98. The minimum atomic E-state index is -0.904. The Hall–Kier alpha value is -2.10. The average Bonchev–Trinajstić information content (AvgIpc) is 2.78. The van der Waals surface area contributed by atoms with Gasteiger partial charge < -0.3 is 5.11 Å². The predicted octanol–water partition coefficient (Wildman–Crippen LogP) is 2.66. The summed E-state index contributed by atoms with van der Waals surface area (Å²) in [4.78, 5) is 10.7. The molecule has 17 heavy (non-hydrogen) atoms. The Labute approximate surface area is 99.5 Å². The van der Waals surface area contributed by atoms with Crippen molar-refractivity contribution >= 4 is 5.97 Å². The number of rotatable bonds is 4. The monoisotopic (exact) mass is 230 g/mol. The van der Waals surface area contributed by atoms with Gasteiger partial charge in [0.15, 0.2) is 0 Å². The molecule has 1 N–H and O–H groups in total. The van der Waals surface area contributed by atoms with Crippen molar-refractivity contribution in [2.24, 2.45) is 0 Å². The number of carbonyl (C=O) groups is 1. The molecule has 0 aliphatic carbocycles. The number of hydrogen-bond acceptors (Lipinski definition) is 2. The molecule has 0 amide bonds. The number of aryl methyl sites for hydroxylation is 1. The molecule has 2 rings (SSSR count). The number of nitrogens with zero attached hydrogens (tertiary/aromatic N) is 2. The van der Waals surface area contributed by atoms with Crippen LogP contribution in [0.25, 0.3) is 11.1 Å². The zero-order valence-electron chi connectivity index (χ0n) is 9.63. The highest BCUT2D eigenvalue weighted by Crippen LogP contribution is 2.19. The summed E-state index contributed by atoms with van der Waals surface area (Å²) in [6.07, 6.45) is 4.81. The molecular weight excluding hydrogens is 216 g/mol. The number of aromatic nitrogens is 2. The fourth-order valence-electron chi connectivity index (χ4n) is 1.67. The molecule has 0 fully saturated rings. The molecule has 0 radical (unpaired) electrons. The summed E-state index contributed by atoms with van der Waals surface area (Å²) in [5.74, 6) is -0.904. The van der Waals surface area contributed by atoms with Crippen LogP contribution in [0.3, 0.4) is 0 Å². The molecule has 0 aliphatic rings. The van der Waals surface area contributed by atoms with Crippen molar-refractivity contribution in [1.82, 2.24) is 9.78 Å². The van der Waals surface area contributed by atoms with Gasteiger partial charge in [0, 0.05) is 18.3 Å². The number of aromatic carboxylic acids is 1. The largest absolute Gasteiger partial charge is 0.478 e. The van der Waals surface area contributed by atoms with E-state index in [-0.39, 0.29) is 0 Å². The minimum absolute atomic E-state index is 0.301. The molecule has 0 saturated carbocycles. The standard InChI is InChI=1S/C13H14N2O2/c1-2-7-15-9-12(8-14-15)10-3-5-11(6-4-10)13(16)17/h3-6,8-9H,2,7H2,1H3,(H,16,17). The summed E-state index contributed by atoms with van der Waals surface area (Å²) in [5, 5.41) is 13.0. The first-order valence-corrected chi connectivity index (χ1v) is 5.57. The van der Waals surface area contributed by atoms with Crippen molar-refractivity contribution in [1.29, 1.82) is 0 Å². The zero-order valence-corrected chi connectivity index (χ0v) is 9.63. The van der Waals surface area contributed by atoms with Gasteiger partial charge >= 0.3 is 5.97 Å². The summed E-state index contributed by atoms with van der Waals surface area (Å²) < 4.78 is 1.89. The Morgan fingerprint density at radius 1 is 1.29 bits per heavy atom. The Balaban J connectivity index is 2.23. The van der Waals surface area contributed by atoms with Crippen molar-refractivity contribution in [3.05, 3.63) is 42.2 Å². The van der Waals surface area contributed by atoms with Crippen LogP contribution < -0.4 is 0 Å². The molecule has 0 saturated heterocycles. The number of benzene rings is 1. The van der Waals surface area contributed by atoms with E-state index >= 15 is 0 Å². The van der Waals surface area contributed by atoms with Crippen LogP contribution in [0, 0.1) is 0 Å². The van der Waals surface area contributed by atoms with Crippen LogP contribution in [0.15, 0.2) is 36.7 Å². The molecule has 4 nitrogen and oxygen atoms in total. The Morgan fingerprint density at radius 3 is 2.59 bits per heavy atom. The summed E-state index contributed by atoms with van der Waals surface area (Å²) in [5.41, 5.74) is 2.29. The lowest BCUT2D eigenvalue weighted by Crippen LogP contribution is -1.95. The first-order valence-electron chi connectivity index (χ1n) is 5.57. The summed E-state index contributed by atoms with van der Waals surface area (Å²) in [6.45, 7) is 3.00. The van der Waals surface area contributed by atoms with Crippen molar-refractivity contribution in [3.63, 3.8) is 0 Å². The highest BCUT2D eigenvalue weighted by atomic mass is 16.4. The molecule has 0 spiro atoms. The van der Waals surface area contributed by atoms with Crippen LogP contribution in [-0.4, -0.2) is 20.9 Å². The first kappa shape index (κ1) is 11.4. The Bertz CT molecular complexity index is 514. The van der Waals surface area contributed by atoms with E-state index in [0.29, 0.717) is 5.56 Å². The molecule has 2 aromatic rings. The summed E-state index contributed by atoms with van der Waals surface area (Å²) in [7, 11) is 0. The fraction of sp³-hybridized carbons (Fsp3) is 0.231. The van der Waals surface area contributed by atoms with Gasteiger partial charge in [0.2, 0.25) is 0 Å². The van der Waals surface area contributed by atoms with Gasteiger partial charge in [-0.1, -0.05) is 19.1 Å². The third kappa shape index (κ3) is 2.53. The maximum Gasteiger partial charge on any atom is 0.335 e. The lowest BCUT2D eigenvalue weighted by atomic mass is 10.1. The first-order chi connectivity index (χ1) is 8.20. The number of carboxylic acid groups (broad SMARTS) is 1. The van der Waals surface area contributed by atoms with Gasteiger partial charge in [-0.2, -0.15) is 5.10 Å². The topological polar surface area (TPSA) is 55.1 Å². The normalized spacial score (nSPS) is 10.4. The van der Waals surface area contributed by atoms with Gasteiger partial charge in [0.1, 0.15) is 0 Å². The maximum absolute atomic E-state index is 10.7. The van der Waals surface area contributed by atoms with Crippen molar-refractivity contribution < 1.29 is 9.90 Å². The molecule has 4 heteroatoms. The molecule has 0 bridgehead atoms. The smallest absolute Gasteiger partial charge is 0.335 e.